The zero-order valence-corrected chi connectivity index (χ0v) is 17.5. The number of piperidine rings is 1. The van der Waals surface area contributed by atoms with E-state index in [-0.39, 0.29) is 24.5 Å². The van der Waals surface area contributed by atoms with Crippen LogP contribution in [0.2, 0.25) is 5.02 Å². The average Bonchev–Trinajstić information content (AvgIpc) is 2.73. The van der Waals surface area contributed by atoms with Gasteiger partial charge < -0.3 is 15.0 Å². The van der Waals surface area contributed by atoms with E-state index in [1.807, 2.05) is 29.2 Å². The third-order valence-corrected chi connectivity index (χ3v) is 5.29. The van der Waals surface area contributed by atoms with E-state index < -0.39 is 0 Å². The summed E-state index contributed by atoms with van der Waals surface area (Å²) in [5.41, 5.74) is 1.86. The van der Waals surface area contributed by atoms with Crippen LogP contribution in [0.15, 0.2) is 48.5 Å². The van der Waals surface area contributed by atoms with Gasteiger partial charge in [-0.1, -0.05) is 43.1 Å². The number of likely N-dealkylation sites (tertiary alicyclic amines) is 1. The van der Waals surface area contributed by atoms with Gasteiger partial charge in [0.05, 0.1) is 0 Å². The Morgan fingerprint density at radius 1 is 1.14 bits per heavy atom. The molecule has 0 radical (unpaired) electrons. The maximum Gasteiger partial charge on any atom is 0.258 e. The summed E-state index contributed by atoms with van der Waals surface area (Å²) in [6.07, 6.45) is 3.60. The zero-order chi connectivity index (χ0) is 20.6. The van der Waals surface area contributed by atoms with Gasteiger partial charge in [0.1, 0.15) is 5.75 Å². The van der Waals surface area contributed by atoms with E-state index in [9.17, 15) is 9.59 Å². The summed E-state index contributed by atoms with van der Waals surface area (Å²) in [5.74, 6) is 0.538. The Hall–Kier alpha value is -2.53. The summed E-state index contributed by atoms with van der Waals surface area (Å²) < 4.78 is 5.58. The minimum absolute atomic E-state index is 0.00517. The Bertz CT molecular complexity index is 830. The molecular formula is C23H27ClN2O3. The van der Waals surface area contributed by atoms with Gasteiger partial charge in [0, 0.05) is 29.7 Å². The molecular weight excluding hydrogens is 388 g/mol. The molecule has 1 fully saturated rings. The number of amides is 2. The fourth-order valence-corrected chi connectivity index (χ4v) is 3.68. The standard InChI is InChI=1S/C23H27ClN2O3/c1-2-4-17-7-9-21(10-8-17)29-16-22(27)25-20-11-13-26(14-12-20)23(28)18-5-3-6-19(24)15-18/h3,5-10,15,20H,2,4,11-14,16H2,1H3,(H,25,27). The van der Waals surface area contributed by atoms with E-state index in [0.29, 0.717) is 29.4 Å². The molecule has 2 amide bonds. The molecule has 2 aromatic carbocycles. The number of benzene rings is 2. The van der Waals surface area contributed by atoms with Crippen LogP contribution in [0, 0.1) is 0 Å². The van der Waals surface area contributed by atoms with Crippen molar-refractivity contribution in [2.24, 2.45) is 0 Å². The molecule has 0 aliphatic carbocycles. The first kappa shape index (κ1) is 21.2. The van der Waals surface area contributed by atoms with Gasteiger partial charge in [-0.3, -0.25) is 9.59 Å². The molecule has 2 aromatic rings. The highest BCUT2D eigenvalue weighted by atomic mass is 35.5. The van der Waals surface area contributed by atoms with Crippen LogP contribution >= 0.6 is 11.6 Å². The van der Waals surface area contributed by atoms with Gasteiger partial charge in [-0.2, -0.15) is 0 Å². The summed E-state index contributed by atoms with van der Waals surface area (Å²) in [6, 6.07) is 14.9. The van der Waals surface area contributed by atoms with Crippen molar-refractivity contribution in [3.05, 3.63) is 64.7 Å². The number of ether oxygens (including phenoxy) is 1. The number of hydrogen-bond acceptors (Lipinski definition) is 3. The average molecular weight is 415 g/mol. The maximum absolute atomic E-state index is 12.6. The van der Waals surface area contributed by atoms with Crippen LogP contribution in [0.25, 0.3) is 0 Å². The van der Waals surface area contributed by atoms with Crippen molar-refractivity contribution >= 4 is 23.4 Å². The number of carbonyl (C=O) groups excluding carboxylic acids is 2. The summed E-state index contributed by atoms with van der Waals surface area (Å²) in [7, 11) is 0. The summed E-state index contributed by atoms with van der Waals surface area (Å²) in [6.45, 7) is 3.35. The molecule has 3 rings (SSSR count). The molecule has 5 nitrogen and oxygen atoms in total. The van der Waals surface area contributed by atoms with Crippen LogP contribution < -0.4 is 10.1 Å². The minimum Gasteiger partial charge on any atom is -0.484 e. The summed E-state index contributed by atoms with van der Waals surface area (Å²) in [4.78, 5) is 26.6. The lowest BCUT2D eigenvalue weighted by molar-refractivity contribution is -0.124. The molecule has 29 heavy (non-hydrogen) atoms. The van der Waals surface area contributed by atoms with Gasteiger partial charge in [0.2, 0.25) is 0 Å². The minimum atomic E-state index is -0.137. The van der Waals surface area contributed by atoms with E-state index in [0.717, 1.165) is 25.7 Å². The Kier molecular flexibility index (Phi) is 7.53. The Morgan fingerprint density at radius 2 is 1.86 bits per heavy atom. The normalized spacial score (nSPS) is 14.5. The van der Waals surface area contributed by atoms with Gasteiger partial charge in [0.15, 0.2) is 6.61 Å². The maximum atomic E-state index is 12.6. The van der Waals surface area contributed by atoms with Crippen LogP contribution in [-0.2, 0) is 11.2 Å². The SMILES string of the molecule is CCCc1ccc(OCC(=O)NC2CCN(C(=O)c3cccc(Cl)c3)CC2)cc1. The monoisotopic (exact) mass is 414 g/mol. The van der Waals surface area contributed by atoms with Crippen molar-refractivity contribution in [2.45, 2.75) is 38.6 Å². The highest BCUT2D eigenvalue weighted by molar-refractivity contribution is 6.30. The molecule has 0 unspecified atom stereocenters. The molecule has 0 saturated carbocycles. The van der Waals surface area contributed by atoms with Crippen molar-refractivity contribution in [1.29, 1.82) is 0 Å². The van der Waals surface area contributed by atoms with E-state index >= 15 is 0 Å². The Labute approximate surface area is 177 Å². The molecule has 1 aliphatic heterocycles. The van der Waals surface area contributed by atoms with Gasteiger partial charge in [0.25, 0.3) is 11.8 Å². The molecule has 1 aliphatic rings. The number of nitrogens with zero attached hydrogens (tertiary/aromatic N) is 1. The van der Waals surface area contributed by atoms with Crippen molar-refractivity contribution in [3.8, 4) is 5.75 Å². The summed E-state index contributed by atoms with van der Waals surface area (Å²) >= 11 is 5.97. The number of hydrogen-bond donors (Lipinski definition) is 1. The molecule has 0 bridgehead atoms. The van der Waals surface area contributed by atoms with E-state index in [1.165, 1.54) is 5.56 Å². The van der Waals surface area contributed by atoms with Crippen molar-refractivity contribution in [2.75, 3.05) is 19.7 Å². The van der Waals surface area contributed by atoms with Crippen molar-refractivity contribution in [3.63, 3.8) is 0 Å². The second kappa shape index (κ2) is 10.3. The van der Waals surface area contributed by atoms with Crippen LogP contribution in [-0.4, -0.2) is 42.5 Å². The molecule has 0 spiro atoms. The van der Waals surface area contributed by atoms with Crippen molar-refractivity contribution < 1.29 is 14.3 Å². The zero-order valence-electron chi connectivity index (χ0n) is 16.7. The number of halogens is 1. The van der Waals surface area contributed by atoms with Gasteiger partial charge in [-0.05, 0) is 55.2 Å². The van der Waals surface area contributed by atoms with E-state index in [2.05, 4.69) is 12.2 Å². The largest absolute Gasteiger partial charge is 0.484 e. The Balaban J connectivity index is 1.40. The Morgan fingerprint density at radius 3 is 2.52 bits per heavy atom. The quantitative estimate of drug-likeness (QED) is 0.742. The lowest BCUT2D eigenvalue weighted by Crippen LogP contribution is -2.47. The number of rotatable bonds is 7. The lowest BCUT2D eigenvalue weighted by Gasteiger charge is -2.32. The van der Waals surface area contributed by atoms with Crippen molar-refractivity contribution in [1.82, 2.24) is 10.2 Å². The van der Waals surface area contributed by atoms with Crippen LogP contribution in [0.4, 0.5) is 0 Å². The predicted octanol–water partition coefficient (Wildman–Crippen LogP) is 4.09. The molecule has 6 heteroatoms. The second-order valence-electron chi connectivity index (χ2n) is 7.33. The third kappa shape index (κ3) is 6.23. The van der Waals surface area contributed by atoms with Crippen LogP contribution in [0.5, 0.6) is 5.75 Å². The number of aryl methyl sites for hydroxylation is 1. The fraction of sp³-hybridized carbons (Fsp3) is 0.391. The lowest BCUT2D eigenvalue weighted by atomic mass is 10.0. The second-order valence-corrected chi connectivity index (χ2v) is 7.76. The molecule has 1 N–H and O–H groups in total. The predicted molar refractivity (Wildman–Crippen MR) is 114 cm³/mol. The molecule has 0 aromatic heterocycles. The van der Waals surface area contributed by atoms with Gasteiger partial charge in [-0.15, -0.1) is 0 Å². The fourth-order valence-electron chi connectivity index (χ4n) is 3.49. The van der Waals surface area contributed by atoms with Gasteiger partial charge >= 0.3 is 0 Å². The van der Waals surface area contributed by atoms with E-state index in [4.69, 9.17) is 16.3 Å². The molecule has 154 valence electrons. The topological polar surface area (TPSA) is 58.6 Å². The first-order chi connectivity index (χ1) is 14.0. The molecule has 0 atom stereocenters. The molecule has 1 saturated heterocycles. The number of nitrogens with one attached hydrogen (secondary N) is 1. The van der Waals surface area contributed by atoms with Crippen LogP contribution in [0.3, 0.4) is 0 Å². The smallest absolute Gasteiger partial charge is 0.258 e. The summed E-state index contributed by atoms with van der Waals surface area (Å²) in [5, 5.41) is 3.56. The number of carbonyl (C=O) groups is 2. The first-order valence-corrected chi connectivity index (χ1v) is 10.5. The highest BCUT2D eigenvalue weighted by Crippen LogP contribution is 2.17. The molecule has 1 heterocycles. The highest BCUT2D eigenvalue weighted by Gasteiger charge is 2.24. The van der Waals surface area contributed by atoms with E-state index in [1.54, 1.807) is 24.3 Å². The van der Waals surface area contributed by atoms with Crippen LogP contribution in [0.1, 0.15) is 42.1 Å². The third-order valence-electron chi connectivity index (χ3n) is 5.05. The first-order valence-electron chi connectivity index (χ1n) is 10.1. The van der Waals surface area contributed by atoms with Gasteiger partial charge in [-0.25, -0.2) is 0 Å².